The van der Waals surface area contributed by atoms with E-state index in [1.165, 1.54) is 0 Å². The van der Waals surface area contributed by atoms with Crippen LogP contribution in [0.15, 0.2) is 175 Å². The smallest absolute Gasteiger partial charge is 0.0731 e. The normalized spacial score (nSPS) is 11.5. The van der Waals surface area contributed by atoms with Gasteiger partial charge in [-0.2, -0.15) is 0 Å². The lowest BCUT2D eigenvalue weighted by molar-refractivity contribution is 1.22. The van der Waals surface area contributed by atoms with Crippen molar-refractivity contribution in [2.45, 2.75) is 0 Å². The molecule has 0 spiro atoms. The molecule has 0 amide bonds. The molecule has 0 bridgehead atoms. The maximum absolute atomic E-state index is 7.14. The zero-order chi connectivity index (χ0) is 28.8. The first-order chi connectivity index (χ1) is 20.6. The summed E-state index contributed by atoms with van der Waals surface area (Å²) in [7, 11) is 0. The van der Waals surface area contributed by atoms with E-state index in [2.05, 4.69) is 109 Å². The summed E-state index contributed by atoms with van der Waals surface area (Å²) in [4.78, 5) is 9.85. The van der Waals surface area contributed by atoms with Crippen LogP contribution in [0.2, 0.25) is 0 Å². The molecule has 204 valence electrons. The summed E-state index contributed by atoms with van der Waals surface area (Å²) < 4.78 is 0. The summed E-state index contributed by atoms with van der Waals surface area (Å²) in [6, 6.07) is 48.5. The molecule has 42 heavy (non-hydrogen) atoms. The van der Waals surface area contributed by atoms with Crippen molar-refractivity contribution in [3.05, 3.63) is 187 Å². The summed E-state index contributed by atoms with van der Waals surface area (Å²) in [5, 5.41) is 5.42. The molecule has 6 aromatic rings. The number of benzene rings is 4. The van der Waals surface area contributed by atoms with Crippen LogP contribution in [0.25, 0.3) is 5.57 Å². The van der Waals surface area contributed by atoms with Gasteiger partial charge in [0.2, 0.25) is 0 Å². The van der Waals surface area contributed by atoms with Crippen molar-refractivity contribution in [1.82, 2.24) is 9.97 Å². The zero-order valence-electron chi connectivity index (χ0n) is 22.8. The van der Waals surface area contributed by atoms with E-state index in [-0.39, 0.29) is 0 Å². The Bertz CT molecular complexity index is 1670. The van der Waals surface area contributed by atoms with Gasteiger partial charge in [0.05, 0.1) is 11.4 Å². The van der Waals surface area contributed by atoms with Gasteiger partial charge in [0.1, 0.15) is 0 Å². The Morgan fingerprint density at radius 3 is 0.929 bits per heavy atom. The van der Waals surface area contributed by atoms with Gasteiger partial charge in [-0.1, -0.05) is 157 Å². The Morgan fingerprint density at radius 1 is 0.381 bits per heavy atom. The minimum atomic E-state index is -2.80. The fourth-order valence-electron chi connectivity index (χ4n) is 5.23. The van der Waals surface area contributed by atoms with E-state index in [4.69, 9.17) is 33.6 Å². The van der Waals surface area contributed by atoms with Crippen molar-refractivity contribution in [1.29, 1.82) is 0 Å². The summed E-state index contributed by atoms with van der Waals surface area (Å²) in [6.07, 6.45) is 3.66. The first-order valence-corrected chi connectivity index (χ1v) is 19.2. The quantitative estimate of drug-likeness (QED) is 0.166. The molecule has 2 heterocycles. The molecular formula is C36H28N2P2S2. The van der Waals surface area contributed by atoms with Crippen LogP contribution in [-0.2, 0) is 23.6 Å². The van der Waals surface area contributed by atoms with Crippen LogP contribution >= 0.6 is 12.1 Å². The van der Waals surface area contributed by atoms with Crippen molar-refractivity contribution in [2.24, 2.45) is 0 Å². The van der Waals surface area contributed by atoms with Crippen LogP contribution in [0.3, 0.4) is 0 Å². The highest BCUT2D eigenvalue weighted by molar-refractivity contribution is 8.35. The number of rotatable bonds is 8. The van der Waals surface area contributed by atoms with E-state index < -0.39 is 12.1 Å². The molecule has 0 atom stereocenters. The molecule has 0 radical (unpaired) electrons. The fourth-order valence-corrected chi connectivity index (χ4v) is 17.9. The monoisotopic (exact) mass is 614 g/mol. The predicted molar refractivity (Wildman–Crippen MR) is 187 cm³/mol. The Morgan fingerprint density at radius 2 is 0.667 bits per heavy atom. The molecule has 6 heteroatoms. The second-order valence-electron chi connectivity index (χ2n) is 9.69. The summed E-state index contributed by atoms with van der Waals surface area (Å²) in [5.74, 6) is 0. The minimum absolute atomic E-state index is 0.813. The number of nitrogens with zero attached hydrogens (tertiary/aromatic N) is 2. The van der Waals surface area contributed by atoms with Crippen molar-refractivity contribution < 1.29 is 0 Å². The molecule has 2 nitrogen and oxygen atoms in total. The Hall–Kier alpha value is -3.78. The van der Waals surface area contributed by atoms with Crippen molar-refractivity contribution >= 4 is 62.5 Å². The number of hydrogen-bond donors (Lipinski definition) is 0. The fraction of sp³-hybridized carbons (Fsp3) is 0. The molecule has 0 N–H and O–H groups in total. The van der Waals surface area contributed by atoms with E-state index in [0.717, 1.165) is 43.2 Å². The molecule has 4 aromatic carbocycles. The third-order valence-corrected chi connectivity index (χ3v) is 19.1. The summed E-state index contributed by atoms with van der Waals surface area (Å²) >= 11 is 14.3. The standard InChI is InChI=1S/C36H28N2P2S2/c41-39(29-17-5-1-6-18-29,30-19-7-2-8-20-30)36(35(33-25-13-15-27-37-33)34-26-14-16-28-38-34)40(42,31-21-9-3-10-22-31)32-23-11-4-12-24-32/h1-28H. The zero-order valence-corrected chi connectivity index (χ0v) is 26.2. The molecule has 0 aliphatic rings. The molecule has 0 saturated carbocycles. The highest BCUT2D eigenvalue weighted by atomic mass is 32.5. The van der Waals surface area contributed by atoms with Crippen LogP contribution in [0.1, 0.15) is 11.4 Å². The lowest BCUT2D eigenvalue weighted by Gasteiger charge is -2.37. The molecule has 2 aromatic heterocycles. The SMILES string of the molecule is S=P(C(=C(c1ccccn1)c1ccccn1)P(=S)(c1ccccc1)c1ccccc1)(c1ccccc1)c1ccccc1. The van der Waals surface area contributed by atoms with Crippen molar-refractivity contribution in [2.75, 3.05) is 0 Å². The molecule has 0 aliphatic heterocycles. The van der Waals surface area contributed by atoms with Gasteiger partial charge in [0.25, 0.3) is 0 Å². The second-order valence-corrected chi connectivity index (χ2v) is 18.7. The highest BCUT2D eigenvalue weighted by Crippen LogP contribution is 2.72. The van der Waals surface area contributed by atoms with E-state index in [0.29, 0.717) is 0 Å². The van der Waals surface area contributed by atoms with Crippen LogP contribution in [0.5, 0.6) is 0 Å². The highest BCUT2D eigenvalue weighted by Gasteiger charge is 2.41. The molecule has 0 saturated heterocycles. The van der Waals surface area contributed by atoms with Gasteiger partial charge in [0, 0.05) is 35.1 Å². The van der Waals surface area contributed by atoms with Crippen LogP contribution in [-0.4, -0.2) is 9.97 Å². The Kier molecular flexibility index (Phi) is 8.51. The predicted octanol–water partition coefficient (Wildman–Crippen LogP) is 7.45. The first kappa shape index (κ1) is 28.3. The molecular weight excluding hydrogens is 586 g/mol. The molecule has 0 unspecified atom stereocenters. The van der Waals surface area contributed by atoms with Gasteiger partial charge < -0.3 is 0 Å². The van der Waals surface area contributed by atoms with Gasteiger partial charge >= 0.3 is 0 Å². The van der Waals surface area contributed by atoms with Gasteiger partial charge in [-0.15, -0.1) is 0 Å². The molecule has 6 rings (SSSR count). The lowest BCUT2D eigenvalue weighted by Crippen LogP contribution is -2.25. The third kappa shape index (κ3) is 5.28. The number of hydrogen-bond acceptors (Lipinski definition) is 4. The Balaban J connectivity index is 1.90. The largest absolute Gasteiger partial charge is 0.256 e. The van der Waals surface area contributed by atoms with E-state index >= 15 is 0 Å². The van der Waals surface area contributed by atoms with E-state index in [1.54, 1.807) is 0 Å². The maximum atomic E-state index is 7.14. The van der Waals surface area contributed by atoms with E-state index in [1.807, 2.05) is 60.9 Å². The van der Waals surface area contributed by atoms with Crippen LogP contribution in [0.4, 0.5) is 0 Å². The lowest BCUT2D eigenvalue weighted by atomic mass is 10.1. The van der Waals surface area contributed by atoms with Crippen LogP contribution < -0.4 is 21.2 Å². The van der Waals surface area contributed by atoms with Crippen molar-refractivity contribution in [3.63, 3.8) is 0 Å². The summed E-state index contributed by atoms with van der Waals surface area (Å²) in [6.45, 7) is 0. The van der Waals surface area contributed by atoms with Gasteiger partial charge in [0.15, 0.2) is 0 Å². The minimum Gasteiger partial charge on any atom is -0.256 e. The molecule has 0 fully saturated rings. The van der Waals surface area contributed by atoms with Gasteiger partial charge in [-0.3, -0.25) is 9.97 Å². The topological polar surface area (TPSA) is 25.8 Å². The average molecular weight is 615 g/mol. The van der Waals surface area contributed by atoms with E-state index in [9.17, 15) is 0 Å². The van der Waals surface area contributed by atoms with Gasteiger partial charge in [-0.25, -0.2) is 0 Å². The van der Waals surface area contributed by atoms with Gasteiger partial charge in [-0.05, 0) is 45.5 Å². The Labute approximate surface area is 257 Å². The third-order valence-electron chi connectivity index (χ3n) is 7.14. The first-order valence-electron chi connectivity index (χ1n) is 13.6. The van der Waals surface area contributed by atoms with Crippen LogP contribution in [0, 0.1) is 0 Å². The summed E-state index contributed by atoms with van der Waals surface area (Å²) in [5.41, 5.74) is 2.55. The average Bonchev–Trinajstić information content (AvgIpc) is 3.09. The maximum Gasteiger partial charge on any atom is 0.0731 e. The molecule has 0 aliphatic carbocycles. The van der Waals surface area contributed by atoms with Crippen molar-refractivity contribution in [3.8, 4) is 0 Å². The number of aromatic nitrogens is 2. The second kappa shape index (κ2) is 12.6. The number of pyridine rings is 2.